The summed E-state index contributed by atoms with van der Waals surface area (Å²) in [6.07, 6.45) is 5.42. The fourth-order valence-electron chi connectivity index (χ4n) is 2.54. The second kappa shape index (κ2) is 5.05. The van der Waals surface area contributed by atoms with Gasteiger partial charge in [-0.1, -0.05) is 23.7 Å². The van der Waals surface area contributed by atoms with E-state index in [0.717, 1.165) is 25.2 Å². The van der Waals surface area contributed by atoms with Crippen molar-refractivity contribution >= 4 is 17.5 Å². The number of benzene rings is 1. The number of carbonyl (C=O) groups is 1. The number of halogens is 1. The number of nitrogens with one attached hydrogen (secondary N) is 1. The van der Waals surface area contributed by atoms with Crippen LogP contribution in [0.15, 0.2) is 36.7 Å². The number of hydrogen-bond donors (Lipinski definition) is 1. The van der Waals surface area contributed by atoms with Gasteiger partial charge in [0.15, 0.2) is 0 Å². The van der Waals surface area contributed by atoms with Crippen molar-refractivity contribution in [2.75, 3.05) is 6.54 Å². The molecule has 1 amide bonds. The van der Waals surface area contributed by atoms with Crippen LogP contribution in [-0.4, -0.2) is 27.3 Å². The van der Waals surface area contributed by atoms with E-state index in [-0.39, 0.29) is 11.9 Å². The maximum absolute atomic E-state index is 12.6. The fourth-order valence-corrected chi connectivity index (χ4v) is 2.76. The zero-order valence-corrected chi connectivity index (χ0v) is 11.1. The molecule has 2 aromatic rings. The van der Waals surface area contributed by atoms with Crippen LogP contribution in [0.25, 0.3) is 0 Å². The van der Waals surface area contributed by atoms with E-state index in [1.165, 1.54) is 0 Å². The molecule has 0 spiro atoms. The molecule has 0 saturated carbocycles. The number of hydrogen-bond acceptors (Lipinski definition) is 2. The first-order valence-electron chi connectivity index (χ1n) is 6.32. The number of amides is 1. The Balaban J connectivity index is 1.89. The molecule has 1 N–H and O–H groups in total. The van der Waals surface area contributed by atoms with Gasteiger partial charge in [-0.3, -0.25) is 4.79 Å². The summed E-state index contributed by atoms with van der Waals surface area (Å²) < 4.78 is 0. The van der Waals surface area contributed by atoms with Gasteiger partial charge in [0.2, 0.25) is 0 Å². The van der Waals surface area contributed by atoms with Gasteiger partial charge in [-0.15, -0.1) is 0 Å². The molecule has 3 rings (SSSR count). The Bertz CT molecular complexity index is 582. The molecule has 1 unspecified atom stereocenters. The zero-order valence-electron chi connectivity index (χ0n) is 10.3. The van der Waals surface area contributed by atoms with E-state index in [4.69, 9.17) is 11.6 Å². The minimum absolute atomic E-state index is 0.0236. The number of rotatable bonds is 2. The quantitative estimate of drug-likeness (QED) is 0.916. The third-order valence-electron chi connectivity index (χ3n) is 3.45. The van der Waals surface area contributed by atoms with Crippen LogP contribution in [0.1, 0.15) is 35.1 Å². The van der Waals surface area contributed by atoms with Crippen LogP contribution in [0, 0.1) is 0 Å². The first kappa shape index (κ1) is 12.2. The van der Waals surface area contributed by atoms with Crippen molar-refractivity contribution in [3.63, 3.8) is 0 Å². The molecule has 1 atom stereocenters. The Hall–Kier alpha value is -1.81. The first-order valence-corrected chi connectivity index (χ1v) is 6.70. The monoisotopic (exact) mass is 275 g/mol. The summed E-state index contributed by atoms with van der Waals surface area (Å²) in [6, 6.07) is 7.19. The van der Waals surface area contributed by atoms with E-state index in [9.17, 15) is 4.79 Å². The second-order valence-electron chi connectivity index (χ2n) is 4.61. The highest BCUT2D eigenvalue weighted by Crippen LogP contribution is 2.32. The van der Waals surface area contributed by atoms with Gasteiger partial charge in [-0.2, -0.15) is 0 Å². The zero-order chi connectivity index (χ0) is 13.2. The van der Waals surface area contributed by atoms with Crippen molar-refractivity contribution in [3.05, 3.63) is 53.1 Å². The summed E-state index contributed by atoms with van der Waals surface area (Å²) in [7, 11) is 0. The third kappa shape index (κ3) is 2.24. The van der Waals surface area contributed by atoms with Crippen molar-refractivity contribution in [1.29, 1.82) is 0 Å². The molecule has 1 aromatic heterocycles. The molecule has 98 valence electrons. The van der Waals surface area contributed by atoms with E-state index in [0.29, 0.717) is 10.6 Å². The van der Waals surface area contributed by atoms with Gasteiger partial charge in [-0.25, -0.2) is 4.98 Å². The Morgan fingerprint density at radius 1 is 1.42 bits per heavy atom. The molecule has 1 saturated heterocycles. The maximum Gasteiger partial charge on any atom is 0.255 e. The lowest BCUT2D eigenvalue weighted by molar-refractivity contribution is 0.0730. The summed E-state index contributed by atoms with van der Waals surface area (Å²) in [5, 5.41) is 0.498. The van der Waals surface area contributed by atoms with Crippen LogP contribution < -0.4 is 0 Å². The highest BCUT2D eigenvalue weighted by atomic mass is 35.5. The molecular weight excluding hydrogens is 262 g/mol. The average molecular weight is 276 g/mol. The first-order chi connectivity index (χ1) is 9.27. The molecule has 19 heavy (non-hydrogen) atoms. The maximum atomic E-state index is 12.6. The number of carbonyl (C=O) groups excluding carboxylic acids is 1. The van der Waals surface area contributed by atoms with Crippen LogP contribution in [-0.2, 0) is 0 Å². The number of imidazole rings is 1. The summed E-state index contributed by atoms with van der Waals surface area (Å²) in [6.45, 7) is 0.745. The largest absolute Gasteiger partial charge is 0.347 e. The van der Waals surface area contributed by atoms with Gasteiger partial charge in [0.25, 0.3) is 5.91 Å². The summed E-state index contributed by atoms with van der Waals surface area (Å²) in [5.41, 5.74) is 0.558. The SMILES string of the molecule is O=C(c1ccccc1Cl)N1CCCC1c1ncc[nH]1. The fraction of sp³-hybridized carbons (Fsp3) is 0.286. The molecule has 1 aliphatic heterocycles. The van der Waals surface area contributed by atoms with E-state index in [1.54, 1.807) is 24.5 Å². The van der Waals surface area contributed by atoms with Gasteiger partial charge in [0.05, 0.1) is 16.6 Å². The molecule has 4 nitrogen and oxygen atoms in total. The lowest BCUT2D eigenvalue weighted by Crippen LogP contribution is -2.31. The average Bonchev–Trinajstić information content (AvgIpc) is 3.09. The van der Waals surface area contributed by atoms with Gasteiger partial charge >= 0.3 is 0 Å². The van der Waals surface area contributed by atoms with Crippen molar-refractivity contribution in [1.82, 2.24) is 14.9 Å². The Kier molecular flexibility index (Phi) is 3.25. The van der Waals surface area contributed by atoms with Crippen molar-refractivity contribution in [3.8, 4) is 0 Å². The van der Waals surface area contributed by atoms with Crippen LogP contribution in [0.5, 0.6) is 0 Å². The standard InChI is InChI=1S/C14H14ClN3O/c15-11-5-2-1-4-10(11)14(19)18-9-3-6-12(18)13-16-7-8-17-13/h1-2,4-5,7-8,12H,3,6,9H2,(H,16,17). The Morgan fingerprint density at radius 2 is 2.26 bits per heavy atom. The number of nitrogens with zero attached hydrogens (tertiary/aromatic N) is 2. The Morgan fingerprint density at radius 3 is 3.00 bits per heavy atom. The molecule has 5 heteroatoms. The minimum Gasteiger partial charge on any atom is -0.347 e. The third-order valence-corrected chi connectivity index (χ3v) is 3.78. The van der Waals surface area contributed by atoms with Gasteiger partial charge in [-0.05, 0) is 25.0 Å². The van der Waals surface area contributed by atoms with Gasteiger partial charge in [0.1, 0.15) is 5.82 Å². The van der Waals surface area contributed by atoms with E-state index in [1.807, 2.05) is 17.0 Å². The normalized spacial score (nSPS) is 18.8. The van der Waals surface area contributed by atoms with Crippen molar-refractivity contribution in [2.45, 2.75) is 18.9 Å². The molecule has 1 aromatic carbocycles. The molecule has 2 heterocycles. The minimum atomic E-state index is -0.0236. The molecule has 0 aliphatic carbocycles. The molecule has 1 aliphatic rings. The predicted octanol–water partition coefficient (Wildman–Crippen LogP) is 3.04. The van der Waals surface area contributed by atoms with Crippen molar-refractivity contribution < 1.29 is 4.79 Å². The molecule has 0 radical (unpaired) electrons. The summed E-state index contributed by atoms with van der Waals surface area (Å²) in [4.78, 5) is 21.8. The Labute approximate surface area is 116 Å². The highest BCUT2D eigenvalue weighted by Gasteiger charge is 2.32. The van der Waals surface area contributed by atoms with Crippen LogP contribution in [0.2, 0.25) is 5.02 Å². The van der Waals surface area contributed by atoms with E-state index in [2.05, 4.69) is 9.97 Å². The molecular formula is C14H14ClN3O. The number of H-pyrrole nitrogens is 1. The number of likely N-dealkylation sites (tertiary alicyclic amines) is 1. The van der Waals surface area contributed by atoms with E-state index < -0.39 is 0 Å². The summed E-state index contributed by atoms with van der Waals surface area (Å²) in [5.74, 6) is 0.822. The van der Waals surface area contributed by atoms with E-state index >= 15 is 0 Å². The smallest absolute Gasteiger partial charge is 0.255 e. The second-order valence-corrected chi connectivity index (χ2v) is 5.02. The lowest BCUT2D eigenvalue weighted by atomic mass is 10.1. The molecule has 1 fully saturated rings. The van der Waals surface area contributed by atoms with Crippen LogP contribution in [0.4, 0.5) is 0 Å². The highest BCUT2D eigenvalue weighted by molar-refractivity contribution is 6.33. The predicted molar refractivity (Wildman–Crippen MR) is 73.1 cm³/mol. The molecule has 0 bridgehead atoms. The van der Waals surface area contributed by atoms with Crippen LogP contribution >= 0.6 is 11.6 Å². The van der Waals surface area contributed by atoms with Gasteiger partial charge < -0.3 is 9.88 Å². The number of aromatic amines is 1. The number of aromatic nitrogens is 2. The van der Waals surface area contributed by atoms with Crippen LogP contribution in [0.3, 0.4) is 0 Å². The lowest BCUT2D eigenvalue weighted by Gasteiger charge is -2.23. The topological polar surface area (TPSA) is 49.0 Å². The van der Waals surface area contributed by atoms with Crippen molar-refractivity contribution in [2.24, 2.45) is 0 Å². The summed E-state index contributed by atoms with van der Waals surface area (Å²) >= 11 is 6.10. The van der Waals surface area contributed by atoms with Gasteiger partial charge in [0, 0.05) is 18.9 Å².